The van der Waals surface area contributed by atoms with E-state index in [4.69, 9.17) is 19.5 Å². The summed E-state index contributed by atoms with van der Waals surface area (Å²) in [5.41, 5.74) is 3.86. The van der Waals surface area contributed by atoms with Crippen LogP contribution in [-0.2, 0) is 9.53 Å². The highest BCUT2D eigenvalue weighted by molar-refractivity contribution is 5.91. The van der Waals surface area contributed by atoms with Crippen molar-refractivity contribution in [3.63, 3.8) is 0 Å². The van der Waals surface area contributed by atoms with E-state index in [1.807, 2.05) is 31.2 Å². The molecule has 0 saturated carbocycles. The van der Waals surface area contributed by atoms with Gasteiger partial charge in [0.15, 0.2) is 0 Å². The van der Waals surface area contributed by atoms with Gasteiger partial charge in [-0.15, -0.1) is 0 Å². The van der Waals surface area contributed by atoms with Gasteiger partial charge in [-0.25, -0.2) is 9.59 Å². The van der Waals surface area contributed by atoms with Crippen LogP contribution in [0.5, 0.6) is 11.5 Å². The molecule has 0 aliphatic rings. The molecule has 0 aromatic heterocycles. The number of ether oxygens (including phenoxy) is 3. The summed E-state index contributed by atoms with van der Waals surface area (Å²) >= 11 is 0. The SMILES string of the molecule is C=CC(=O)OCCCCCCOc1ccc(C(=O)Oc2ccc(-c3ccc(C#N)cc3)cc2)cc1C. The monoisotopic (exact) mass is 483 g/mol. The van der Waals surface area contributed by atoms with Crippen LogP contribution >= 0.6 is 0 Å². The second-order valence-corrected chi connectivity index (χ2v) is 8.22. The first-order valence-electron chi connectivity index (χ1n) is 11.9. The van der Waals surface area contributed by atoms with Crippen molar-refractivity contribution in [1.29, 1.82) is 5.26 Å². The Hall–Kier alpha value is -4.37. The van der Waals surface area contributed by atoms with Crippen molar-refractivity contribution in [1.82, 2.24) is 0 Å². The molecule has 0 fully saturated rings. The van der Waals surface area contributed by atoms with Crippen molar-refractivity contribution in [2.45, 2.75) is 32.6 Å². The van der Waals surface area contributed by atoms with Gasteiger partial charge in [-0.1, -0.05) is 30.8 Å². The molecule has 0 radical (unpaired) electrons. The van der Waals surface area contributed by atoms with Gasteiger partial charge in [0.05, 0.1) is 30.4 Å². The highest BCUT2D eigenvalue weighted by Gasteiger charge is 2.11. The standard InChI is InChI=1S/C30H29NO5/c1-3-29(32)35-19-7-5-4-6-18-34-28-17-14-26(20-22(28)2)30(33)36-27-15-12-25(13-16-27)24-10-8-23(21-31)9-11-24/h3,8-17,20H,1,4-7,18-19H2,2H3. The third kappa shape index (κ3) is 7.85. The molecule has 3 rings (SSSR count). The Morgan fingerprint density at radius 3 is 2.14 bits per heavy atom. The molecular weight excluding hydrogens is 454 g/mol. The van der Waals surface area contributed by atoms with Crippen LogP contribution in [0.2, 0.25) is 0 Å². The topological polar surface area (TPSA) is 85.6 Å². The second kappa shape index (κ2) is 13.5. The molecule has 184 valence electrons. The number of hydrogen-bond donors (Lipinski definition) is 0. The zero-order chi connectivity index (χ0) is 25.8. The number of aryl methyl sites for hydroxylation is 1. The lowest BCUT2D eigenvalue weighted by molar-refractivity contribution is -0.137. The Bertz CT molecular complexity index is 1220. The van der Waals surface area contributed by atoms with E-state index < -0.39 is 11.9 Å². The lowest BCUT2D eigenvalue weighted by Crippen LogP contribution is -2.09. The number of rotatable bonds is 12. The summed E-state index contributed by atoms with van der Waals surface area (Å²) in [6.45, 7) is 6.24. The second-order valence-electron chi connectivity index (χ2n) is 8.22. The molecule has 0 atom stereocenters. The Morgan fingerprint density at radius 1 is 0.889 bits per heavy atom. The van der Waals surface area contributed by atoms with Crippen LogP contribution in [0.4, 0.5) is 0 Å². The van der Waals surface area contributed by atoms with Gasteiger partial charge >= 0.3 is 11.9 Å². The first-order chi connectivity index (χ1) is 17.5. The van der Waals surface area contributed by atoms with Gasteiger partial charge in [-0.2, -0.15) is 5.26 Å². The van der Waals surface area contributed by atoms with Crippen molar-refractivity contribution >= 4 is 11.9 Å². The van der Waals surface area contributed by atoms with Gasteiger partial charge in [0.2, 0.25) is 0 Å². The lowest BCUT2D eigenvalue weighted by atomic mass is 10.0. The van der Waals surface area contributed by atoms with Crippen LogP contribution in [0, 0.1) is 18.3 Å². The maximum atomic E-state index is 12.6. The molecule has 36 heavy (non-hydrogen) atoms. The van der Waals surface area contributed by atoms with E-state index in [9.17, 15) is 9.59 Å². The van der Waals surface area contributed by atoms with Crippen molar-refractivity contribution in [3.8, 4) is 28.7 Å². The number of nitriles is 1. The Kier molecular flexibility index (Phi) is 9.84. The zero-order valence-electron chi connectivity index (χ0n) is 20.4. The molecular formula is C30H29NO5. The molecule has 6 heteroatoms. The number of carbonyl (C=O) groups excluding carboxylic acids is 2. The molecule has 0 aliphatic heterocycles. The van der Waals surface area contributed by atoms with Crippen LogP contribution in [-0.4, -0.2) is 25.2 Å². The molecule has 0 N–H and O–H groups in total. The van der Waals surface area contributed by atoms with Gasteiger partial charge in [-0.05, 0) is 91.8 Å². The number of hydrogen-bond acceptors (Lipinski definition) is 6. The zero-order valence-corrected chi connectivity index (χ0v) is 20.4. The van der Waals surface area contributed by atoms with Crippen molar-refractivity contribution in [2.75, 3.05) is 13.2 Å². The third-order valence-electron chi connectivity index (χ3n) is 5.53. The van der Waals surface area contributed by atoms with E-state index in [2.05, 4.69) is 12.6 Å². The van der Waals surface area contributed by atoms with E-state index in [1.165, 1.54) is 0 Å². The minimum atomic E-state index is -0.437. The van der Waals surface area contributed by atoms with E-state index in [1.54, 1.807) is 42.5 Å². The maximum absolute atomic E-state index is 12.6. The highest BCUT2D eigenvalue weighted by atomic mass is 16.5. The largest absolute Gasteiger partial charge is 0.493 e. The van der Waals surface area contributed by atoms with E-state index in [0.717, 1.165) is 54.2 Å². The lowest BCUT2D eigenvalue weighted by Gasteiger charge is -2.11. The average Bonchev–Trinajstić information content (AvgIpc) is 2.91. The van der Waals surface area contributed by atoms with Gasteiger partial charge in [0, 0.05) is 6.08 Å². The predicted molar refractivity (Wildman–Crippen MR) is 138 cm³/mol. The average molecular weight is 484 g/mol. The number of unbranched alkanes of at least 4 members (excludes halogenated alkanes) is 3. The molecule has 0 saturated heterocycles. The minimum absolute atomic E-state index is 0.390. The smallest absolute Gasteiger partial charge is 0.343 e. The molecule has 0 heterocycles. The summed E-state index contributed by atoms with van der Waals surface area (Å²) in [4.78, 5) is 23.6. The molecule has 0 bridgehead atoms. The fourth-order valence-electron chi connectivity index (χ4n) is 3.53. The molecule has 0 spiro atoms. The number of benzene rings is 3. The molecule has 3 aromatic carbocycles. The Morgan fingerprint density at radius 2 is 1.53 bits per heavy atom. The molecule has 3 aromatic rings. The van der Waals surface area contributed by atoms with Gasteiger partial charge in [0.1, 0.15) is 11.5 Å². The van der Waals surface area contributed by atoms with Gasteiger partial charge in [-0.3, -0.25) is 0 Å². The fraction of sp³-hybridized carbons (Fsp3) is 0.233. The first kappa shape index (κ1) is 26.2. The van der Waals surface area contributed by atoms with E-state index in [-0.39, 0.29) is 0 Å². The number of nitrogens with zero attached hydrogens (tertiary/aromatic N) is 1. The van der Waals surface area contributed by atoms with Crippen LogP contribution in [0.25, 0.3) is 11.1 Å². The van der Waals surface area contributed by atoms with Crippen molar-refractivity contribution in [2.24, 2.45) is 0 Å². The fourth-order valence-corrected chi connectivity index (χ4v) is 3.53. The summed E-state index contributed by atoms with van der Waals surface area (Å²) in [5.74, 6) is 0.361. The van der Waals surface area contributed by atoms with Crippen LogP contribution in [0.1, 0.15) is 47.2 Å². The Labute approximate surface area is 211 Å². The normalized spacial score (nSPS) is 10.2. The summed E-state index contributed by atoms with van der Waals surface area (Å²) in [5, 5.41) is 8.93. The van der Waals surface area contributed by atoms with Crippen LogP contribution < -0.4 is 9.47 Å². The molecule has 0 aliphatic carbocycles. The summed E-state index contributed by atoms with van der Waals surface area (Å²) < 4.78 is 16.3. The molecule has 6 nitrogen and oxygen atoms in total. The summed E-state index contributed by atoms with van der Waals surface area (Å²) in [6.07, 6.45) is 4.79. The third-order valence-corrected chi connectivity index (χ3v) is 5.53. The van der Waals surface area contributed by atoms with Crippen LogP contribution in [0.3, 0.4) is 0 Å². The van der Waals surface area contributed by atoms with Crippen molar-refractivity contribution < 1.29 is 23.8 Å². The maximum Gasteiger partial charge on any atom is 0.343 e. The van der Waals surface area contributed by atoms with Gasteiger partial charge in [0.25, 0.3) is 0 Å². The first-order valence-corrected chi connectivity index (χ1v) is 11.9. The highest BCUT2D eigenvalue weighted by Crippen LogP contribution is 2.24. The minimum Gasteiger partial charge on any atom is -0.493 e. The number of carbonyl (C=O) groups is 2. The molecule has 0 amide bonds. The predicted octanol–water partition coefficient (Wildman–Crippen LogP) is 6.42. The van der Waals surface area contributed by atoms with E-state index >= 15 is 0 Å². The summed E-state index contributed by atoms with van der Waals surface area (Å²) in [7, 11) is 0. The Balaban J connectivity index is 1.44. The van der Waals surface area contributed by atoms with E-state index in [0.29, 0.717) is 30.1 Å². The number of esters is 2. The van der Waals surface area contributed by atoms with Gasteiger partial charge < -0.3 is 14.2 Å². The van der Waals surface area contributed by atoms with Crippen molar-refractivity contribution in [3.05, 3.63) is 96.1 Å². The summed E-state index contributed by atoms with van der Waals surface area (Å²) in [6, 6.07) is 21.9. The quantitative estimate of drug-likeness (QED) is 0.128. The van der Waals surface area contributed by atoms with Crippen LogP contribution in [0.15, 0.2) is 79.4 Å². The molecule has 0 unspecified atom stereocenters.